The van der Waals surface area contributed by atoms with Gasteiger partial charge in [-0.15, -0.1) is 0 Å². The van der Waals surface area contributed by atoms with Crippen LogP contribution in [0.25, 0.3) is 11.0 Å². The molecule has 1 fully saturated rings. The molecule has 1 unspecified atom stereocenters. The summed E-state index contributed by atoms with van der Waals surface area (Å²) < 4.78 is 0. The van der Waals surface area contributed by atoms with Crippen LogP contribution in [0.3, 0.4) is 0 Å². The molecule has 3 rings (SSSR count). The predicted molar refractivity (Wildman–Crippen MR) is 74.5 cm³/mol. The molecule has 0 radical (unpaired) electrons. The van der Waals surface area contributed by atoms with Crippen LogP contribution in [0.4, 0.5) is 0 Å². The molecular weight excluding hydrogens is 264 g/mol. The first kappa shape index (κ1) is 12.4. The molecule has 1 amide bonds. The number of halogens is 1. The summed E-state index contributed by atoms with van der Waals surface area (Å²) in [5.41, 5.74) is 7.12. The third-order valence-corrected chi connectivity index (χ3v) is 3.74. The first-order valence-electron chi connectivity index (χ1n) is 6.35. The van der Waals surface area contributed by atoms with Crippen molar-refractivity contribution in [1.82, 2.24) is 15.3 Å². The van der Waals surface area contributed by atoms with Crippen LogP contribution in [0.2, 0.25) is 5.02 Å². The van der Waals surface area contributed by atoms with Crippen molar-refractivity contribution in [1.29, 1.82) is 0 Å². The third-order valence-electron chi connectivity index (χ3n) is 3.52. The summed E-state index contributed by atoms with van der Waals surface area (Å²) in [4.78, 5) is 19.3. The standard InChI is InChI=1S/C13H15ClN4O/c14-8-4-9(12(15)19)11-10(5-8)17-13(18-11)7-2-1-3-16-6-7/h4-5,7,16H,1-3,6H2,(H2,15,19)(H,17,18). The van der Waals surface area contributed by atoms with Gasteiger partial charge in [-0.3, -0.25) is 4.79 Å². The summed E-state index contributed by atoms with van der Waals surface area (Å²) in [5.74, 6) is 0.736. The fourth-order valence-electron chi connectivity index (χ4n) is 2.57. The quantitative estimate of drug-likeness (QED) is 0.783. The molecule has 1 aromatic heterocycles. The van der Waals surface area contributed by atoms with Crippen molar-refractivity contribution >= 4 is 28.5 Å². The Morgan fingerprint density at radius 2 is 2.32 bits per heavy atom. The molecule has 1 aliphatic rings. The fourth-order valence-corrected chi connectivity index (χ4v) is 2.79. The number of H-pyrrole nitrogens is 1. The topological polar surface area (TPSA) is 83.8 Å². The number of carbonyl (C=O) groups excluding carboxylic acids is 1. The molecule has 100 valence electrons. The molecule has 5 nitrogen and oxygen atoms in total. The molecule has 1 aromatic carbocycles. The Labute approximate surface area is 115 Å². The number of nitrogens with zero attached hydrogens (tertiary/aromatic N) is 1. The summed E-state index contributed by atoms with van der Waals surface area (Å²) in [6, 6.07) is 3.34. The number of primary amides is 1. The van der Waals surface area contributed by atoms with Crippen LogP contribution in [0.15, 0.2) is 12.1 Å². The van der Waals surface area contributed by atoms with Crippen molar-refractivity contribution in [2.45, 2.75) is 18.8 Å². The zero-order valence-electron chi connectivity index (χ0n) is 10.4. The van der Waals surface area contributed by atoms with E-state index < -0.39 is 5.91 Å². The second-order valence-corrected chi connectivity index (χ2v) is 5.32. The van der Waals surface area contributed by atoms with Gasteiger partial charge >= 0.3 is 0 Å². The van der Waals surface area contributed by atoms with Gasteiger partial charge in [0.25, 0.3) is 5.91 Å². The van der Waals surface area contributed by atoms with Crippen molar-refractivity contribution in [2.75, 3.05) is 13.1 Å². The summed E-state index contributed by atoms with van der Waals surface area (Å²) >= 11 is 6.00. The first-order chi connectivity index (χ1) is 9.15. The fraction of sp³-hybridized carbons (Fsp3) is 0.385. The minimum atomic E-state index is -0.507. The maximum Gasteiger partial charge on any atom is 0.251 e. The Hall–Kier alpha value is -1.59. The molecule has 19 heavy (non-hydrogen) atoms. The van der Waals surface area contributed by atoms with E-state index in [1.165, 1.54) is 0 Å². The van der Waals surface area contributed by atoms with Gasteiger partial charge in [-0.2, -0.15) is 0 Å². The summed E-state index contributed by atoms with van der Waals surface area (Å²) in [6.07, 6.45) is 2.22. The van der Waals surface area contributed by atoms with E-state index in [0.29, 0.717) is 22.0 Å². The number of piperidine rings is 1. The zero-order chi connectivity index (χ0) is 13.4. The maximum atomic E-state index is 11.5. The third kappa shape index (κ3) is 2.31. The highest BCUT2D eigenvalue weighted by Gasteiger charge is 2.20. The molecule has 0 spiro atoms. The minimum Gasteiger partial charge on any atom is -0.366 e. The minimum absolute atomic E-state index is 0.348. The number of aromatic amines is 1. The van der Waals surface area contributed by atoms with E-state index in [0.717, 1.165) is 37.3 Å². The Morgan fingerprint density at radius 1 is 1.47 bits per heavy atom. The number of hydrogen-bond donors (Lipinski definition) is 3. The van der Waals surface area contributed by atoms with Gasteiger partial charge in [0.15, 0.2) is 0 Å². The number of nitrogens with two attached hydrogens (primary N) is 1. The van der Waals surface area contributed by atoms with Crippen molar-refractivity contribution in [2.24, 2.45) is 5.73 Å². The number of benzene rings is 1. The normalized spacial score (nSPS) is 19.7. The smallest absolute Gasteiger partial charge is 0.251 e. The molecule has 2 heterocycles. The number of carbonyl (C=O) groups is 1. The highest BCUT2D eigenvalue weighted by molar-refractivity contribution is 6.32. The number of aromatic nitrogens is 2. The van der Waals surface area contributed by atoms with Crippen molar-refractivity contribution < 1.29 is 4.79 Å². The summed E-state index contributed by atoms with van der Waals surface area (Å²) in [7, 11) is 0. The Balaban J connectivity index is 2.09. The lowest BCUT2D eigenvalue weighted by molar-refractivity contribution is 0.100. The molecule has 4 N–H and O–H groups in total. The van der Waals surface area contributed by atoms with Gasteiger partial charge < -0.3 is 16.0 Å². The van der Waals surface area contributed by atoms with Gasteiger partial charge in [0.05, 0.1) is 11.1 Å². The highest BCUT2D eigenvalue weighted by Crippen LogP contribution is 2.27. The average molecular weight is 279 g/mol. The van der Waals surface area contributed by atoms with Gasteiger partial charge in [-0.1, -0.05) is 11.6 Å². The molecule has 0 saturated carbocycles. The molecule has 0 aliphatic carbocycles. The predicted octanol–water partition coefficient (Wildman–Crippen LogP) is 1.78. The maximum absolute atomic E-state index is 11.5. The number of amides is 1. The van der Waals surface area contributed by atoms with E-state index in [9.17, 15) is 4.79 Å². The number of fused-ring (bicyclic) bond motifs is 1. The SMILES string of the molecule is NC(=O)c1cc(Cl)cc2[nH]c(C3CCCNC3)nc12. The van der Waals surface area contributed by atoms with Crippen LogP contribution >= 0.6 is 11.6 Å². The molecular formula is C13H15ClN4O. The summed E-state index contributed by atoms with van der Waals surface area (Å²) in [5, 5.41) is 3.83. The van der Waals surface area contributed by atoms with Crippen LogP contribution in [0, 0.1) is 0 Å². The second kappa shape index (κ2) is 4.83. The lowest BCUT2D eigenvalue weighted by atomic mass is 9.99. The van der Waals surface area contributed by atoms with Crippen LogP contribution in [0.1, 0.15) is 34.9 Å². The second-order valence-electron chi connectivity index (χ2n) is 4.88. The average Bonchev–Trinajstić information content (AvgIpc) is 2.82. The van der Waals surface area contributed by atoms with Crippen LogP contribution in [-0.2, 0) is 0 Å². The Kier molecular flexibility index (Phi) is 3.16. The molecule has 0 bridgehead atoms. The lowest BCUT2D eigenvalue weighted by Gasteiger charge is -2.20. The Morgan fingerprint density at radius 3 is 3.00 bits per heavy atom. The zero-order valence-corrected chi connectivity index (χ0v) is 11.1. The summed E-state index contributed by atoms with van der Waals surface area (Å²) in [6.45, 7) is 1.95. The van der Waals surface area contributed by atoms with Crippen LogP contribution < -0.4 is 11.1 Å². The number of nitrogens with one attached hydrogen (secondary N) is 2. The molecule has 6 heteroatoms. The largest absolute Gasteiger partial charge is 0.366 e. The first-order valence-corrected chi connectivity index (χ1v) is 6.72. The van der Waals surface area contributed by atoms with E-state index in [2.05, 4.69) is 15.3 Å². The van der Waals surface area contributed by atoms with Gasteiger partial charge in [0.2, 0.25) is 0 Å². The van der Waals surface area contributed by atoms with E-state index in [-0.39, 0.29) is 0 Å². The van der Waals surface area contributed by atoms with Crippen LogP contribution in [0.5, 0.6) is 0 Å². The van der Waals surface area contributed by atoms with Gasteiger partial charge in [0, 0.05) is 17.5 Å². The van der Waals surface area contributed by atoms with Gasteiger partial charge in [0.1, 0.15) is 11.3 Å². The number of imidazole rings is 1. The van der Waals surface area contributed by atoms with E-state index in [4.69, 9.17) is 17.3 Å². The highest BCUT2D eigenvalue weighted by atomic mass is 35.5. The molecule has 1 aliphatic heterocycles. The monoisotopic (exact) mass is 278 g/mol. The Bertz CT molecular complexity index is 631. The molecule has 1 atom stereocenters. The number of hydrogen-bond acceptors (Lipinski definition) is 3. The van der Waals surface area contributed by atoms with E-state index >= 15 is 0 Å². The van der Waals surface area contributed by atoms with E-state index in [1.54, 1.807) is 12.1 Å². The molecule has 1 saturated heterocycles. The van der Waals surface area contributed by atoms with Crippen molar-refractivity contribution in [3.8, 4) is 0 Å². The molecule has 2 aromatic rings. The number of rotatable bonds is 2. The lowest BCUT2D eigenvalue weighted by Crippen LogP contribution is -2.28. The van der Waals surface area contributed by atoms with E-state index in [1.807, 2.05) is 0 Å². The van der Waals surface area contributed by atoms with Crippen molar-refractivity contribution in [3.63, 3.8) is 0 Å². The van der Waals surface area contributed by atoms with Gasteiger partial charge in [-0.25, -0.2) is 4.98 Å². The van der Waals surface area contributed by atoms with Crippen LogP contribution in [-0.4, -0.2) is 29.0 Å². The van der Waals surface area contributed by atoms with Gasteiger partial charge in [-0.05, 0) is 31.5 Å². The van der Waals surface area contributed by atoms with Crippen molar-refractivity contribution in [3.05, 3.63) is 28.5 Å².